The fourth-order valence-corrected chi connectivity index (χ4v) is 3.67. The van der Waals surface area contributed by atoms with Crippen molar-refractivity contribution in [2.75, 3.05) is 32.2 Å². The minimum atomic E-state index is -1.37. The zero-order valence-electron chi connectivity index (χ0n) is 20.4. The van der Waals surface area contributed by atoms with Gasteiger partial charge in [-0.15, -0.1) is 0 Å². The normalized spacial score (nSPS) is 16.8. The molecule has 0 radical (unpaired) electrons. The van der Waals surface area contributed by atoms with E-state index in [9.17, 15) is 24.0 Å². The molecule has 0 bridgehead atoms. The average molecular weight is 498 g/mol. The second-order valence-corrected chi connectivity index (χ2v) is 7.96. The highest BCUT2D eigenvalue weighted by Crippen LogP contribution is 2.30. The molecule has 11 heteroatoms. The summed E-state index contributed by atoms with van der Waals surface area (Å²) in [4.78, 5) is 63.7. The van der Waals surface area contributed by atoms with Crippen LogP contribution in [-0.4, -0.2) is 61.6 Å². The van der Waals surface area contributed by atoms with Crippen LogP contribution in [0.25, 0.3) is 0 Å². The van der Waals surface area contributed by atoms with Gasteiger partial charge in [0.1, 0.15) is 17.8 Å². The summed E-state index contributed by atoms with van der Waals surface area (Å²) in [5.74, 6) is -2.12. The Labute approximate surface area is 207 Å². The fraction of sp³-hybridized carbons (Fsp3) is 0.320. The van der Waals surface area contributed by atoms with E-state index in [0.717, 1.165) is 4.90 Å². The Hall–Kier alpha value is -4.41. The van der Waals surface area contributed by atoms with E-state index in [-0.39, 0.29) is 30.0 Å². The lowest BCUT2D eigenvalue weighted by atomic mass is 9.92. The van der Waals surface area contributed by atoms with E-state index >= 15 is 0 Å². The van der Waals surface area contributed by atoms with Crippen molar-refractivity contribution in [2.24, 2.45) is 0 Å². The Kier molecular flexibility index (Phi) is 7.93. The molecule has 0 aliphatic carbocycles. The molecule has 1 unspecified atom stereocenters. The number of urea groups is 1. The van der Waals surface area contributed by atoms with Crippen LogP contribution in [0.4, 0.5) is 10.5 Å². The summed E-state index contributed by atoms with van der Waals surface area (Å²) >= 11 is 0. The van der Waals surface area contributed by atoms with Crippen molar-refractivity contribution in [3.05, 3.63) is 59.2 Å². The van der Waals surface area contributed by atoms with E-state index < -0.39 is 41.9 Å². The molecule has 0 aromatic heterocycles. The van der Waals surface area contributed by atoms with Gasteiger partial charge in [0.15, 0.2) is 0 Å². The number of carbonyl (C=O) groups excluding carboxylic acids is 5. The van der Waals surface area contributed by atoms with Crippen molar-refractivity contribution in [3.8, 4) is 5.75 Å². The van der Waals surface area contributed by atoms with Gasteiger partial charge in [0.2, 0.25) is 5.91 Å². The standard InChI is InChI=1S/C25H27N3O8/c1-5-35-21(30)15-11-16(22(31)36-6-2)13-18(12-15)26-20(29)14-28-23(32)25(3,27-24(28)33)17-7-9-19(34-4)10-8-17/h7-13H,5-6,14H2,1-4H3,(H,26,29)(H,27,33). The molecule has 36 heavy (non-hydrogen) atoms. The van der Waals surface area contributed by atoms with Crippen LogP contribution in [0.3, 0.4) is 0 Å². The molecule has 2 aromatic rings. The minimum absolute atomic E-state index is 0.0276. The van der Waals surface area contributed by atoms with E-state index in [2.05, 4.69) is 10.6 Å². The molecule has 11 nitrogen and oxygen atoms in total. The first-order valence-electron chi connectivity index (χ1n) is 11.2. The van der Waals surface area contributed by atoms with Crippen molar-refractivity contribution in [3.63, 3.8) is 0 Å². The number of esters is 2. The van der Waals surface area contributed by atoms with Gasteiger partial charge in [0.25, 0.3) is 5.91 Å². The number of hydrogen-bond acceptors (Lipinski definition) is 8. The molecule has 1 aliphatic heterocycles. The second kappa shape index (κ2) is 10.9. The molecule has 1 aliphatic rings. The van der Waals surface area contributed by atoms with Crippen LogP contribution in [0.1, 0.15) is 47.1 Å². The van der Waals surface area contributed by atoms with Gasteiger partial charge in [0.05, 0.1) is 31.5 Å². The highest BCUT2D eigenvalue weighted by Gasteiger charge is 2.49. The first-order valence-corrected chi connectivity index (χ1v) is 11.2. The Balaban J connectivity index is 1.79. The summed E-state index contributed by atoms with van der Waals surface area (Å²) in [7, 11) is 1.51. The van der Waals surface area contributed by atoms with Crippen LogP contribution in [0.5, 0.6) is 5.75 Å². The Bertz CT molecular complexity index is 1160. The van der Waals surface area contributed by atoms with E-state index in [1.165, 1.54) is 25.3 Å². The number of carbonyl (C=O) groups is 5. The van der Waals surface area contributed by atoms with Gasteiger partial charge in [-0.1, -0.05) is 12.1 Å². The number of rotatable bonds is 9. The summed E-state index contributed by atoms with van der Waals surface area (Å²) in [6.45, 7) is 4.45. The first kappa shape index (κ1) is 26.2. The third-order valence-electron chi connectivity index (χ3n) is 5.48. The Morgan fingerprint density at radius 3 is 2.00 bits per heavy atom. The lowest BCUT2D eigenvalue weighted by Gasteiger charge is -2.22. The van der Waals surface area contributed by atoms with Crippen LogP contribution < -0.4 is 15.4 Å². The predicted molar refractivity (Wildman–Crippen MR) is 128 cm³/mol. The van der Waals surface area contributed by atoms with E-state index in [1.54, 1.807) is 45.0 Å². The third kappa shape index (κ3) is 5.45. The molecule has 2 aromatic carbocycles. The van der Waals surface area contributed by atoms with Crippen LogP contribution in [-0.2, 0) is 24.6 Å². The number of imide groups is 1. The maximum absolute atomic E-state index is 13.1. The molecule has 1 fully saturated rings. The summed E-state index contributed by atoms with van der Waals surface area (Å²) in [5.41, 5.74) is -0.700. The molecular weight excluding hydrogens is 470 g/mol. The van der Waals surface area contributed by atoms with Crippen molar-refractivity contribution in [1.82, 2.24) is 10.2 Å². The topological polar surface area (TPSA) is 140 Å². The Morgan fingerprint density at radius 1 is 0.944 bits per heavy atom. The number of amides is 4. The quantitative estimate of drug-likeness (QED) is 0.398. The van der Waals surface area contributed by atoms with Crippen LogP contribution in [0.2, 0.25) is 0 Å². The van der Waals surface area contributed by atoms with Crippen molar-refractivity contribution < 1.29 is 38.2 Å². The molecule has 1 heterocycles. The first-order chi connectivity index (χ1) is 17.1. The highest BCUT2D eigenvalue weighted by molar-refractivity contribution is 6.10. The number of nitrogens with zero attached hydrogens (tertiary/aromatic N) is 1. The molecule has 1 saturated heterocycles. The molecular formula is C25H27N3O8. The zero-order valence-corrected chi connectivity index (χ0v) is 20.4. The lowest BCUT2D eigenvalue weighted by molar-refractivity contribution is -0.133. The third-order valence-corrected chi connectivity index (χ3v) is 5.48. The Morgan fingerprint density at radius 2 is 1.50 bits per heavy atom. The van der Waals surface area contributed by atoms with Gasteiger partial charge in [-0.05, 0) is 56.7 Å². The number of hydrogen-bond donors (Lipinski definition) is 2. The van der Waals surface area contributed by atoms with Crippen LogP contribution in [0, 0.1) is 0 Å². The number of anilines is 1. The lowest BCUT2D eigenvalue weighted by Crippen LogP contribution is -2.42. The molecule has 3 rings (SSSR count). The van der Waals surface area contributed by atoms with Crippen molar-refractivity contribution >= 4 is 35.5 Å². The summed E-state index contributed by atoms with van der Waals surface area (Å²) in [5, 5.41) is 5.15. The van der Waals surface area contributed by atoms with Gasteiger partial charge in [-0.3, -0.25) is 14.5 Å². The predicted octanol–water partition coefficient (Wildman–Crippen LogP) is 2.45. The number of methoxy groups -OCH3 is 1. The summed E-state index contributed by atoms with van der Waals surface area (Å²) < 4.78 is 15.1. The number of ether oxygens (including phenoxy) is 3. The van der Waals surface area contributed by atoms with Crippen LogP contribution >= 0.6 is 0 Å². The number of nitrogens with one attached hydrogen (secondary N) is 2. The van der Waals surface area contributed by atoms with E-state index in [4.69, 9.17) is 14.2 Å². The second-order valence-electron chi connectivity index (χ2n) is 7.96. The van der Waals surface area contributed by atoms with Gasteiger partial charge in [0, 0.05) is 5.69 Å². The van der Waals surface area contributed by atoms with E-state index in [0.29, 0.717) is 11.3 Å². The highest BCUT2D eigenvalue weighted by atomic mass is 16.5. The van der Waals surface area contributed by atoms with Crippen molar-refractivity contribution in [1.29, 1.82) is 0 Å². The maximum Gasteiger partial charge on any atom is 0.338 e. The minimum Gasteiger partial charge on any atom is -0.497 e. The fourth-order valence-electron chi connectivity index (χ4n) is 3.67. The van der Waals surface area contributed by atoms with E-state index in [1.807, 2.05) is 0 Å². The summed E-state index contributed by atoms with van der Waals surface area (Å²) in [6, 6.07) is 9.83. The summed E-state index contributed by atoms with van der Waals surface area (Å²) in [6.07, 6.45) is 0. The smallest absolute Gasteiger partial charge is 0.338 e. The van der Waals surface area contributed by atoms with Gasteiger partial charge in [-0.25, -0.2) is 14.4 Å². The molecule has 1 atom stereocenters. The zero-order chi connectivity index (χ0) is 26.5. The van der Waals surface area contributed by atoms with Gasteiger partial charge >= 0.3 is 18.0 Å². The maximum atomic E-state index is 13.1. The molecule has 4 amide bonds. The SMILES string of the molecule is CCOC(=O)c1cc(NC(=O)CN2C(=O)NC(C)(c3ccc(OC)cc3)C2=O)cc(C(=O)OCC)c1. The largest absolute Gasteiger partial charge is 0.497 e. The monoisotopic (exact) mass is 497 g/mol. The van der Waals surface area contributed by atoms with Crippen molar-refractivity contribution in [2.45, 2.75) is 26.3 Å². The van der Waals surface area contributed by atoms with Gasteiger partial charge < -0.3 is 24.8 Å². The molecule has 0 spiro atoms. The molecule has 2 N–H and O–H groups in total. The average Bonchev–Trinajstić information content (AvgIpc) is 3.07. The van der Waals surface area contributed by atoms with Crippen LogP contribution in [0.15, 0.2) is 42.5 Å². The molecule has 190 valence electrons. The number of benzene rings is 2. The molecule has 0 saturated carbocycles. The van der Waals surface area contributed by atoms with Gasteiger partial charge in [-0.2, -0.15) is 0 Å².